The fraction of sp³-hybridized carbons (Fsp3) is 0.463. The highest BCUT2D eigenvalue weighted by atomic mass is 35.5. The molecule has 274 valence electrons. The van der Waals surface area contributed by atoms with Crippen molar-refractivity contribution in [1.82, 2.24) is 29.7 Å². The average molecular weight is 725 g/mol. The van der Waals surface area contributed by atoms with Crippen LogP contribution in [0.1, 0.15) is 109 Å². The maximum absolute atomic E-state index is 13.3. The summed E-state index contributed by atoms with van der Waals surface area (Å²) < 4.78 is 11.9. The summed E-state index contributed by atoms with van der Waals surface area (Å²) in [5, 5.41) is 2.52. The number of ether oxygens (including phenoxy) is 2. The van der Waals surface area contributed by atoms with E-state index in [9.17, 15) is 9.59 Å². The van der Waals surface area contributed by atoms with Crippen LogP contribution in [0, 0.1) is 0 Å². The second kappa shape index (κ2) is 14.9. The Kier molecular flexibility index (Phi) is 10.3. The van der Waals surface area contributed by atoms with Crippen molar-refractivity contribution in [3.63, 3.8) is 0 Å². The van der Waals surface area contributed by atoms with E-state index in [2.05, 4.69) is 60.2 Å². The minimum Gasteiger partial charge on any atom is -0.488 e. The average Bonchev–Trinajstić information content (AvgIpc) is 3.86. The number of nitrogens with zero attached hydrogens (tertiary/aromatic N) is 4. The monoisotopic (exact) mass is 724 g/mol. The van der Waals surface area contributed by atoms with Crippen LogP contribution in [0.3, 0.4) is 0 Å². The smallest absolute Gasteiger partial charge is 0.223 e. The zero-order chi connectivity index (χ0) is 36.7. The minimum atomic E-state index is -0.312. The van der Waals surface area contributed by atoms with Crippen LogP contribution in [-0.4, -0.2) is 67.4 Å². The van der Waals surface area contributed by atoms with Crippen molar-refractivity contribution in [3.05, 3.63) is 64.8 Å². The molecule has 2 aliphatic heterocycles. The van der Waals surface area contributed by atoms with Crippen LogP contribution >= 0.6 is 11.6 Å². The first kappa shape index (κ1) is 36.0. The highest BCUT2D eigenvalue weighted by Gasteiger charge is 2.37. The van der Waals surface area contributed by atoms with E-state index in [-0.39, 0.29) is 36.0 Å². The number of nitrogens with one attached hydrogen (secondary N) is 2. The number of imidazole rings is 2. The summed E-state index contributed by atoms with van der Waals surface area (Å²) >= 11 is 6.80. The van der Waals surface area contributed by atoms with Gasteiger partial charge in [0.1, 0.15) is 34.9 Å². The molecule has 0 bridgehead atoms. The lowest BCUT2D eigenvalue weighted by atomic mass is 9.92. The molecule has 52 heavy (non-hydrogen) atoms. The Morgan fingerprint density at radius 2 is 1.85 bits per heavy atom. The number of aromatic amines is 2. The van der Waals surface area contributed by atoms with Gasteiger partial charge in [0, 0.05) is 42.5 Å². The fourth-order valence-corrected chi connectivity index (χ4v) is 8.43. The summed E-state index contributed by atoms with van der Waals surface area (Å²) in [7, 11) is 1.66. The molecule has 10 nitrogen and oxygen atoms in total. The first-order chi connectivity index (χ1) is 25.2. The van der Waals surface area contributed by atoms with E-state index in [4.69, 9.17) is 31.0 Å². The first-order valence-corrected chi connectivity index (χ1v) is 19.1. The van der Waals surface area contributed by atoms with Crippen molar-refractivity contribution in [2.45, 2.75) is 110 Å². The molecule has 5 aromatic rings. The van der Waals surface area contributed by atoms with Gasteiger partial charge >= 0.3 is 0 Å². The van der Waals surface area contributed by atoms with E-state index in [1.807, 2.05) is 36.6 Å². The Hall–Kier alpha value is -4.41. The molecule has 0 unspecified atom stereocenters. The number of hydrogen-bond acceptors (Lipinski definition) is 6. The molecule has 0 radical (unpaired) electrons. The van der Waals surface area contributed by atoms with Gasteiger partial charge in [-0.3, -0.25) is 9.59 Å². The van der Waals surface area contributed by atoms with E-state index >= 15 is 0 Å². The minimum absolute atomic E-state index is 0.0415. The third-order valence-electron chi connectivity index (χ3n) is 10.8. The van der Waals surface area contributed by atoms with Crippen molar-refractivity contribution in [2.75, 3.05) is 13.7 Å². The Bertz CT molecular complexity index is 2120. The zero-order valence-corrected chi connectivity index (χ0v) is 31.8. The highest BCUT2D eigenvalue weighted by molar-refractivity contribution is 6.32. The molecular weight excluding hydrogens is 676 g/mol. The molecule has 0 aliphatic carbocycles. The first-order valence-electron chi connectivity index (χ1n) is 18.8. The third kappa shape index (κ3) is 6.45. The molecule has 2 N–H and O–H groups in total. The van der Waals surface area contributed by atoms with Crippen molar-refractivity contribution < 1.29 is 19.1 Å². The SMILES string of the molecule is CCCC(=O)N([C@H](CC)COC)[C@@H](C)c1nc(-c2ccc3c(c2)COc2cc4c(ccc5[nH]c([C@@H]6CC[C@H](C)N6C(=O)CCC)nc54)cc2-3)c(Cl)[nH]1. The number of aromatic nitrogens is 4. The molecule has 1 fully saturated rings. The van der Waals surface area contributed by atoms with E-state index in [0.717, 1.165) is 87.7 Å². The number of fused-ring (bicyclic) bond motifs is 6. The molecule has 11 heteroatoms. The van der Waals surface area contributed by atoms with Gasteiger partial charge in [0.25, 0.3) is 0 Å². The van der Waals surface area contributed by atoms with Crippen LogP contribution in [-0.2, 0) is 20.9 Å². The number of carbonyl (C=O) groups is 2. The van der Waals surface area contributed by atoms with Crippen molar-refractivity contribution in [2.24, 2.45) is 0 Å². The molecule has 3 aromatic carbocycles. The normalized spacial score (nSPS) is 17.9. The number of methoxy groups -OCH3 is 1. The topological polar surface area (TPSA) is 116 Å². The van der Waals surface area contributed by atoms with Gasteiger partial charge in [0.15, 0.2) is 0 Å². The van der Waals surface area contributed by atoms with Crippen LogP contribution in [0.2, 0.25) is 5.15 Å². The van der Waals surface area contributed by atoms with Gasteiger partial charge in [-0.25, -0.2) is 9.97 Å². The quantitative estimate of drug-likeness (QED) is 0.133. The number of H-pyrrole nitrogens is 2. The molecule has 4 atom stereocenters. The molecule has 2 aliphatic rings. The van der Waals surface area contributed by atoms with Crippen LogP contribution in [0.5, 0.6) is 5.75 Å². The summed E-state index contributed by atoms with van der Waals surface area (Å²) in [4.78, 5) is 47.1. The van der Waals surface area contributed by atoms with Crippen LogP contribution in [0.25, 0.3) is 44.2 Å². The Morgan fingerprint density at radius 3 is 2.60 bits per heavy atom. The van der Waals surface area contributed by atoms with E-state index in [0.29, 0.717) is 42.7 Å². The van der Waals surface area contributed by atoms with Crippen LogP contribution < -0.4 is 4.74 Å². The van der Waals surface area contributed by atoms with Gasteiger partial charge < -0.3 is 29.2 Å². The Labute approximate surface area is 310 Å². The van der Waals surface area contributed by atoms with Gasteiger partial charge in [-0.05, 0) is 86.7 Å². The standard InChI is InChI=1S/C41H49ClN6O4/c1-7-10-35(49)47-23(4)12-17-33(47)41-43-32-16-14-25-19-31-29-15-13-26(18-27(29)21-52-34(31)20-30(25)38(32)45-41)37-39(42)46-40(44-37)24(5)48(36(50)11-8-2)28(9-3)22-51-6/h13-16,18-20,23-24,28,33H,7-12,17,21-22H2,1-6H3,(H,43,45)(H,44,46)/t23-,24-,28+,33-/m0/s1. The van der Waals surface area contributed by atoms with Crippen molar-refractivity contribution >= 4 is 45.2 Å². The lowest BCUT2D eigenvalue weighted by molar-refractivity contribution is -0.138. The van der Waals surface area contributed by atoms with Gasteiger partial charge in [-0.15, -0.1) is 0 Å². The summed E-state index contributed by atoms with van der Waals surface area (Å²) in [5.74, 6) is 2.58. The Balaban J connectivity index is 1.19. The summed E-state index contributed by atoms with van der Waals surface area (Å²) in [6.45, 7) is 11.1. The molecule has 1 saturated heterocycles. The second-order valence-electron chi connectivity index (χ2n) is 14.3. The number of amides is 2. The number of rotatable bonds is 12. The largest absolute Gasteiger partial charge is 0.488 e. The van der Waals surface area contributed by atoms with E-state index in [1.54, 1.807) is 7.11 Å². The summed E-state index contributed by atoms with van der Waals surface area (Å²) in [5.41, 5.74) is 6.52. The molecule has 2 aromatic heterocycles. The number of likely N-dealkylation sites (tertiary alicyclic amines) is 1. The highest BCUT2D eigenvalue weighted by Crippen LogP contribution is 2.44. The van der Waals surface area contributed by atoms with E-state index < -0.39 is 0 Å². The van der Waals surface area contributed by atoms with Crippen LogP contribution in [0.15, 0.2) is 42.5 Å². The number of hydrogen-bond donors (Lipinski definition) is 2. The van der Waals surface area contributed by atoms with Crippen molar-refractivity contribution in [3.8, 4) is 28.1 Å². The van der Waals surface area contributed by atoms with Gasteiger partial charge in [0.05, 0.1) is 35.8 Å². The molecule has 4 heterocycles. The zero-order valence-electron chi connectivity index (χ0n) is 31.0. The number of halogens is 1. The van der Waals surface area contributed by atoms with Crippen LogP contribution in [0.4, 0.5) is 0 Å². The van der Waals surface area contributed by atoms with Gasteiger partial charge in [-0.2, -0.15) is 0 Å². The molecule has 7 rings (SSSR count). The summed E-state index contributed by atoms with van der Waals surface area (Å²) in [6, 6.07) is 14.5. The van der Waals surface area contributed by atoms with Crippen molar-refractivity contribution in [1.29, 1.82) is 0 Å². The maximum Gasteiger partial charge on any atom is 0.223 e. The lowest BCUT2D eigenvalue weighted by Gasteiger charge is -2.35. The van der Waals surface area contributed by atoms with Gasteiger partial charge in [-0.1, -0.05) is 50.6 Å². The van der Waals surface area contributed by atoms with E-state index in [1.165, 1.54) is 0 Å². The second-order valence-corrected chi connectivity index (χ2v) is 14.7. The molecule has 2 amide bonds. The summed E-state index contributed by atoms with van der Waals surface area (Å²) in [6.07, 6.45) is 5.26. The number of carbonyl (C=O) groups excluding carboxylic acids is 2. The molecule has 0 saturated carbocycles. The predicted octanol–water partition coefficient (Wildman–Crippen LogP) is 9.29. The fourth-order valence-electron chi connectivity index (χ4n) is 8.18. The number of benzene rings is 3. The third-order valence-corrected chi connectivity index (χ3v) is 11.1. The predicted molar refractivity (Wildman–Crippen MR) is 205 cm³/mol. The maximum atomic E-state index is 13.3. The van der Waals surface area contributed by atoms with Gasteiger partial charge in [0.2, 0.25) is 11.8 Å². The molecular formula is C41H49ClN6O4. The Morgan fingerprint density at radius 1 is 1.04 bits per heavy atom. The molecule has 0 spiro atoms. The lowest BCUT2D eigenvalue weighted by Crippen LogP contribution is -2.44.